The lowest BCUT2D eigenvalue weighted by atomic mass is 10.3. The molecule has 0 bridgehead atoms. The van der Waals surface area contributed by atoms with Gasteiger partial charge in [0.25, 0.3) is 0 Å². The minimum absolute atomic E-state index is 0.0427. The van der Waals surface area contributed by atoms with Crippen LogP contribution in [0.2, 0.25) is 0 Å². The highest BCUT2D eigenvalue weighted by Gasteiger charge is 2.15. The normalized spacial score (nSPS) is 13.6. The Morgan fingerprint density at radius 1 is 1.53 bits per heavy atom. The summed E-state index contributed by atoms with van der Waals surface area (Å²) in [5.41, 5.74) is 5.91. The van der Waals surface area contributed by atoms with Crippen LogP contribution in [0.4, 0.5) is 5.69 Å². The van der Waals surface area contributed by atoms with Crippen LogP contribution in [0, 0.1) is 0 Å². The Kier molecular flexibility index (Phi) is 4.81. The highest BCUT2D eigenvalue weighted by Crippen LogP contribution is 2.28. The number of thioether (sulfide) groups is 1. The molecule has 1 unspecified atom stereocenters. The number of sulfonamides is 1. The van der Waals surface area contributed by atoms with E-state index < -0.39 is 10.0 Å². The molecule has 5 nitrogen and oxygen atoms in total. The summed E-state index contributed by atoms with van der Waals surface area (Å²) in [7, 11) is -2.17. The molecular weight excluding hydrogens is 260 g/mol. The first-order valence-electron chi connectivity index (χ1n) is 5.01. The van der Waals surface area contributed by atoms with Crippen LogP contribution < -0.4 is 10.5 Å². The summed E-state index contributed by atoms with van der Waals surface area (Å²) >= 11 is 1.44. The summed E-state index contributed by atoms with van der Waals surface area (Å²) in [4.78, 5) is 0.903. The number of hydrogen-bond acceptors (Lipinski definition) is 5. The van der Waals surface area contributed by atoms with E-state index in [4.69, 9.17) is 10.8 Å². The number of anilines is 1. The molecule has 0 spiro atoms. The second-order valence-corrected chi connectivity index (χ2v) is 6.89. The predicted octanol–water partition coefficient (Wildman–Crippen LogP) is 0.650. The standard InChI is InChI=1S/C10H16N2O3S2/c1-7(6-13)16-8-3-4-10(9(11)5-8)17(14,15)12-2/h3-5,7,12-13H,6,11H2,1-2H3. The molecule has 0 fully saturated rings. The van der Waals surface area contributed by atoms with Crippen molar-refractivity contribution in [3.63, 3.8) is 0 Å². The van der Waals surface area contributed by atoms with Crippen LogP contribution in [0.15, 0.2) is 28.0 Å². The van der Waals surface area contributed by atoms with Crippen LogP contribution in [-0.2, 0) is 10.0 Å². The van der Waals surface area contributed by atoms with Gasteiger partial charge in [-0.15, -0.1) is 11.8 Å². The third-order valence-electron chi connectivity index (χ3n) is 2.13. The van der Waals surface area contributed by atoms with Gasteiger partial charge >= 0.3 is 0 Å². The molecule has 1 aromatic carbocycles. The van der Waals surface area contributed by atoms with Gasteiger partial charge in [0.15, 0.2) is 0 Å². The summed E-state index contributed by atoms with van der Waals surface area (Å²) in [6.07, 6.45) is 0. The number of rotatable bonds is 5. The number of aliphatic hydroxyl groups is 1. The number of nitrogens with two attached hydrogens (primary N) is 1. The first kappa shape index (κ1) is 14.3. The van der Waals surface area contributed by atoms with E-state index in [-0.39, 0.29) is 22.4 Å². The molecule has 1 aromatic rings. The maximum absolute atomic E-state index is 11.6. The van der Waals surface area contributed by atoms with Crippen molar-refractivity contribution in [2.45, 2.75) is 22.0 Å². The molecule has 1 atom stereocenters. The molecule has 0 aliphatic rings. The van der Waals surface area contributed by atoms with E-state index in [2.05, 4.69) is 4.72 Å². The number of nitrogen functional groups attached to an aromatic ring is 1. The lowest BCUT2D eigenvalue weighted by molar-refractivity contribution is 0.300. The average Bonchev–Trinajstić information content (AvgIpc) is 2.28. The van der Waals surface area contributed by atoms with E-state index in [1.54, 1.807) is 12.1 Å². The highest BCUT2D eigenvalue weighted by atomic mass is 32.2. The van der Waals surface area contributed by atoms with Crippen LogP contribution in [0.5, 0.6) is 0 Å². The van der Waals surface area contributed by atoms with Gasteiger partial charge in [-0.1, -0.05) is 6.92 Å². The highest BCUT2D eigenvalue weighted by molar-refractivity contribution is 8.00. The van der Waals surface area contributed by atoms with Crippen molar-refractivity contribution in [2.24, 2.45) is 0 Å². The lowest BCUT2D eigenvalue weighted by Crippen LogP contribution is -2.19. The van der Waals surface area contributed by atoms with Gasteiger partial charge in [0.05, 0.1) is 12.3 Å². The van der Waals surface area contributed by atoms with Crippen molar-refractivity contribution in [3.8, 4) is 0 Å². The molecule has 1 rings (SSSR count). The number of hydrogen-bond donors (Lipinski definition) is 3. The van der Waals surface area contributed by atoms with Gasteiger partial charge in [0.2, 0.25) is 10.0 Å². The number of nitrogens with one attached hydrogen (secondary N) is 1. The molecule has 0 aliphatic heterocycles. The maximum Gasteiger partial charge on any atom is 0.242 e. The van der Waals surface area contributed by atoms with Crippen LogP contribution >= 0.6 is 11.8 Å². The molecular formula is C10H16N2O3S2. The van der Waals surface area contributed by atoms with Crippen molar-refractivity contribution in [3.05, 3.63) is 18.2 Å². The van der Waals surface area contributed by atoms with Crippen LogP contribution in [0.3, 0.4) is 0 Å². The van der Waals surface area contributed by atoms with Gasteiger partial charge in [-0.05, 0) is 25.2 Å². The zero-order chi connectivity index (χ0) is 13.1. The first-order chi connectivity index (χ1) is 7.90. The van der Waals surface area contributed by atoms with Gasteiger partial charge in [-0.25, -0.2) is 13.1 Å². The minimum Gasteiger partial charge on any atom is -0.398 e. The Morgan fingerprint density at radius 3 is 2.65 bits per heavy atom. The molecule has 96 valence electrons. The Labute approximate surface area is 105 Å². The van der Waals surface area contributed by atoms with Gasteiger partial charge in [-0.3, -0.25) is 0 Å². The van der Waals surface area contributed by atoms with E-state index in [1.807, 2.05) is 6.92 Å². The quantitative estimate of drug-likeness (QED) is 0.542. The molecule has 4 N–H and O–H groups in total. The van der Waals surface area contributed by atoms with Crippen molar-refractivity contribution in [1.82, 2.24) is 4.72 Å². The fraction of sp³-hybridized carbons (Fsp3) is 0.400. The molecule has 0 saturated carbocycles. The Balaban J connectivity index is 3.03. The summed E-state index contributed by atoms with van der Waals surface area (Å²) in [6.45, 7) is 1.93. The van der Waals surface area contributed by atoms with Gasteiger partial charge in [0.1, 0.15) is 4.90 Å². The van der Waals surface area contributed by atoms with Gasteiger partial charge in [-0.2, -0.15) is 0 Å². The molecule has 17 heavy (non-hydrogen) atoms. The van der Waals surface area contributed by atoms with E-state index in [0.29, 0.717) is 0 Å². The van der Waals surface area contributed by atoms with E-state index in [1.165, 1.54) is 24.9 Å². The topological polar surface area (TPSA) is 92.4 Å². The maximum atomic E-state index is 11.6. The van der Waals surface area contributed by atoms with E-state index in [9.17, 15) is 8.42 Å². The van der Waals surface area contributed by atoms with Gasteiger partial charge < -0.3 is 10.8 Å². The van der Waals surface area contributed by atoms with Crippen LogP contribution in [0.1, 0.15) is 6.92 Å². The molecule has 0 aliphatic carbocycles. The number of aliphatic hydroxyl groups excluding tert-OH is 1. The third-order valence-corrected chi connectivity index (χ3v) is 4.70. The van der Waals surface area contributed by atoms with Crippen molar-refractivity contribution >= 4 is 27.5 Å². The minimum atomic E-state index is -3.51. The molecule has 7 heteroatoms. The summed E-state index contributed by atoms with van der Waals surface area (Å²) < 4.78 is 25.4. The van der Waals surface area contributed by atoms with E-state index in [0.717, 1.165) is 4.90 Å². The summed E-state index contributed by atoms with van der Waals surface area (Å²) in [6, 6.07) is 4.74. The Bertz CT molecular complexity index is 488. The molecule has 0 saturated heterocycles. The first-order valence-corrected chi connectivity index (χ1v) is 7.37. The van der Waals surface area contributed by atoms with Crippen LogP contribution in [-0.4, -0.2) is 32.4 Å². The third kappa shape index (κ3) is 3.60. The summed E-state index contributed by atoms with van der Waals surface area (Å²) in [5, 5.41) is 8.97. The molecule has 0 amide bonds. The van der Waals surface area contributed by atoms with Crippen molar-refractivity contribution in [1.29, 1.82) is 0 Å². The SMILES string of the molecule is CNS(=O)(=O)c1ccc(SC(C)CO)cc1N. The number of benzene rings is 1. The Hall–Kier alpha value is -0.760. The van der Waals surface area contributed by atoms with Crippen molar-refractivity contribution < 1.29 is 13.5 Å². The molecule has 0 radical (unpaired) electrons. The smallest absolute Gasteiger partial charge is 0.242 e. The lowest BCUT2D eigenvalue weighted by Gasteiger charge is -2.10. The fourth-order valence-corrected chi connectivity index (χ4v) is 2.94. The van der Waals surface area contributed by atoms with E-state index >= 15 is 0 Å². The predicted molar refractivity (Wildman–Crippen MR) is 69.5 cm³/mol. The fourth-order valence-electron chi connectivity index (χ4n) is 1.22. The Morgan fingerprint density at radius 2 is 2.18 bits per heavy atom. The molecule has 0 heterocycles. The summed E-state index contributed by atoms with van der Waals surface area (Å²) in [5.74, 6) is 0. The zero-order valence-electron chi connectivity index (χ0n) is 9.67. The van der Waals surface area contributed by atoms with Gasteiger partial charge in [0, 0.05) is 10.1 Å². The monoisotopic (exact) mass is 276 g/mol. The molecule has 0 aromatic heterocycles. The van der Waals surface area contributed by atoms with Crippen LogP contribution in [0.25, 0.3) is 0 Å². The zero-order valence-corrected chi connectivity index (χ0v) is 11.3. The second kappa shape index (κ2) is 5.72. The largest absolute Gasteiger partial charge is 0.398 e. The average molecular weight is 276 g/mol. The van der Waals surface area contributed by atoms with Crippen molar-refractivity contribution in [2.75, 3.05) is 19.4 Å². The second-order valence-electron chi connectivity index (χ2n) is 3.52.